The molecule has 0 saturated carbocycles. The number of unbranched alkanes of at least 4 members (excludes halogenated alkanes) is 3. The van der Waals surface area contributed by atoms with Crippen molar-refractivity contribution in [2.75, 3.05) is 6.61 Å². The highest BCUT2D eigenvalue weighted by atomic mass is 19.3. The number of halogens is 4. The van der Waals surface area contributed by atoms with Gasteiger partial charge in [0.2, 0.25) is 5.83 Å². The smallest absolute Gasteiger partial charge is 0.454 e. The summed E-state index contributed by atoms with van der Waals surface area (Å²) in [4.78, 5) is 0. The van der Waals surface area contributed by atoms with E-state index >= 15 is 0 Å². The molecule has 0 spiro atoms. The van der Waals surface area contributed by atoms with Crippen molar-refractivity contribution in [2.45, 2.75) is 38.7 Å². The zero-order valence-electron chi connectivity index (χ0n) is 18.4. The van der Waals surface area contributed by atoms with Crippen molar-refractivity contribution in [1.82, 2.24) is 0 Å². The fraction of sp³-hybridized carbons (Fsp3) is 0.259. The van der Waals surface area contributed by atoms with Crippen LogP contribution < -0.4 is 9.47 Å². The van der Waals surface area contributed by atoms with Crippen LogP contribution in [0.1, 0.15) is 38.2 Å². The molecule has 0 aliphatic heterocycles. The van der Waals surface area contributed by atoms with Gasteiger partial charge in [-0.25, -0.2) is 8.78 Å². The summed E-state index contributed by atoms with van der Waals surface area (Å²) in [6, 6.07) is 18.6. The molecular formula is C27H26F4O2. The van der Waals surface area contributed by atoms with Crippen LogP contribution in [0, 0.1) is 5.82 Å². The molecule has 0 bridgehead atoms. The van der Waals surface area contributed by atoms with E-state index in [4.69, 9.17) is 4.74 Å². The van der Waals surface area contributed by atoms with Gasteiger partial charge in [0.25, 0.3) is 0 Å². The van der Waals surface area contributed by atoms with Crippen molar-refractivity contribution >= 4 is 6.08 Å². The first-order valence-electron chi connectivity index (χ1n) is 10.9. The SMILES string of the molecule is CCCCCCOc1ccc(-c2ccc(/C=C(\F)C(F)(F)Oc3ccccc3F)cc2)cc1. The molecule has 3 aromatic carbocycles. The third kappa shape index (κ3) is 7.11. The van der Waals surface area contributed by atoms with Crippen LogP contribution in [-0.4, -0.2) is 12.7 Å². The van der Waals surface area contributed by atoms with E-state index in [2.05, 4.69) is 11.7 Å². The Morgan fingerprint density at radius 1 is 0.848 bits per heavy atom. The highest BCUT2D eigenvalue weighted by molar-refractivity contribution is 5.66. The molecule has 0 N–H and O–H groups in total. The molecule has 0 aliphatic rings. The molecular weight excluding hydrogens is 432 g/mol. The van der Waals surface area contributed by atoms with Crippen LogP contribution in [0.25, 0.3) is 17.2 Å². The van der Waals surface area contributed by atoms with Gasteiger partial charge in [0.15, 0.2) is 11.6 Å². The highest BCUT2D eigenvalue weighted by Gasteiger charge is 2.39. The summed E-state index contributed by atoms with van der Waals surface area (Å²) in [6.45, 7) is 2.84. The molecule has 0 amide bonds. The average Bonchev–Trinajstić information content (AvgIpc) is 2.81. The molecule has 0 saturated heterocycles. The summed E-state index contributed by atoms with van der Waals surface area (Å²) in [6.07, 6.45) is 0.920. The molecule has 3 rings (SSSR count). The van der Waals surface area contributed by atoms with Crippen LogP contribution in [0.3, 0.4) is 0 Å². The van der Waals surface area contributed by atoms with Crippen molar-refractivity contribution in [2.24, 2.45) is 0 Å². The Balaban J connectivity index is 1.62. The van der Waals surface area contributed by atoms with Gasteiger partial charge in [-0.1, -0.05) is 74.7 Å². The summed E-state index contributed by atoms with van der Waals surface area (Å²) in [7, 11) is 0. The van der Waals surface area contributed by atoms with Crippen molar-refractivity contribution in [3.05, 3.63) is 90.0 Å². The summed E-state index contributed by atoms with van der Waals surface area (Å²) in [5, 5.41) is 0. The van der Waals surface area contributed by atoms with Crippen LogP contribution in [0.4, 0.5) is 17.6 Å². The Kier molecular flexibility index (Phi) is 8.52. The van der Waals surface area contributed by atoms with E-state index < -0.39 is 23.5 Å². The molecule has 3 aromatic rings. The Labute approximate surface area is 191 Å². The maximum atomic E-state index is 14.2. The second kappa shape index (κ2) is 11.5. The van der Waals surface area contributed by atoms with Crippen molar-refractivity contribution in [1.29, 1.82) is 0 Å². The lowest BCUT2D eigenvalue weighted by Crippen LogP contribution is -2.26. The van der Waals surface area contributed by atoms with Gasteiger partial charge in [0.05, 0.1) is 6.61 Å². The first kappa shape index (κ1) is 24.4. The first-order chi connectivity index (χ1) is 15.9. The second-order valence-corrected chi connectivity index (χ2v) is 7.60. The van der Waals surface area contributed by atoms with Crippen molar-refractivity contribution < 1.29 is 27.0 Å². The minimum atomic E-state index is -4.30. The molecule has 0 fully saturated rings. The summed E-state index contributed by atoms with van der Waals surface area (Å²) < 4.78 is 65.8. The van der Waals surface area contributed by atoms with Crippen molar-refractivity contribution in [3.8, 4) is 22.6 Å². The summed E-state index contributed by atoms with van der Waals surface area (Å²) >= 11 is 0. The summed E-state index contributed by atoms with van der Waals surface area (Å²) in [5.74, 6) is -2.76. The van der Waals surface area contributed by atoms with Gasteiger partial charge in [0.1, 0.15) is 5.75 Å². The highest BCUT2D eigenvalue weighted by Crippen LogP contribution is 2.32. The average molecular weight is 458 g/mol. The molecule has 2 nitrogen and oxygen atoms in total. The van der Waals surface area contributed by atoms with Crippen LogP contribution in [0.15, 0.2) is 78.6 Å². The summed E-state index contributed by atoms with van der Waals surface area (Å²) in [5.41, 5.74) is 1.98. The molecule has 174 valence electrons. The number of hydrogen-bond donors (Lipinski definition) is 0. The fourth-order valence-corrected chi connectivity index (χ4v) is 3.18. The molecule has 0 aromatic heterocycles. The predicted molar refractivity (Wildman–Crippen MR) is 123 cm³/mol. The standard InChI is InChI=1S/C27H26F4O2/c1-2-3-4-7-18-32-23-16-14-22(15-17-23)21-12-10-20(11-13-21)19-26(29)27(30,31)33-25-9-6-5-8-24(25)28/h5-6,8-17,19H,2-4,7,18H2,1H3/b26-19-. The van der Waals surface area contributed by atoms with Crippen LogP contribution in [-0.2, 0) is 0 Å². The van der Waals surface area contributed by atoms with Gasteiger partial charge in [-0.3, -0.25) is 0 Å². The maximum absolute atomic E-state index is 14.2. The molecule has 0 aliphatic carbocycles. The van der Waals surface area contributed by atoms with Crippen molar-refractivity contribution in [3.63, 3.8) is 0 Å². The first-order valence-corrected chi connectivity index (χ1v) is 10.9. The number of benzene rings is 3. The third-order valence-corrected chi connectivity index (χ3v) is 5.01. The van der Waals surface area contributed by atoms with Gasteiger partial charge in [0, 0.05) is 0 Å². The lowest BCUT2D eigenvalue weighted by atomic mass is 10.0. The number of hydrogen-bond acceptors (Lipinski definition) is 2. The normalized spacial score (nSPS) is 12.0. The van der Waals surface area contributed by atoms with E-state index in [9.17, 15) is 17.6 Å². The van der Waals surface area contributed by atoms with Gasteiger partial charge >= 0.3 is 6.11 Å². The van der Waals surface area contributed by atoms with E-state index in [1.165, 1.54) is 37.1 Å². The van der Waals surface area contributed by atoms with Gasteiger partial charge in [-0.05, 0) is 53.5 Å². The van der Waals surface area contributed by atoms with E-state index in [1.807, 2.05) is 24.3 Å². The number of alkyl halides is 2. The Morgan fingerprint density at radius 3 is 2.12 bits per heavy atom. The molecule has 6 heteroatoms. The number of ether oxygens (including phenoxy) is 2. The van der Waals surface area contributed by atoms with Gasteiger partial charge in [-0.15, -0.1) is 0 Å². The minimum absolute atomic E-state index is 0.222. The largest absolute Gasteiger partial charge is 0.494 e. The number of para-hydroxylation sites is 1. The number of rotatable bonds is 11. The monoisotopic (exact) mass is 458 g/mol. The Bertz CT molecular complexity index is 1040. The Hall–Kier alpha value is -3.28. The fourth-order valence-electron chi connectivity index (χ4n) is 3.18. The van der Waals surface area contributed by atoms with Crippen LogP contribution in [0.2, 0.25) is 0 Å². The quantitative estimate of drug-likeness (QED) is 0.212. The molecule has 33 heavy (non-hydrogen) atoms. The second-order valence-electron chi connectivity index (χ2n) is 7.60. The minimum Gasteiger partial charge on any atom is -0.494 e. The lowest BCUT2D eigenvalue weighted by molar-refractivity contribution is -0.156. The lowest BCUT2D eigenvalue weighted by Gasteiger charge is -2.16. The topological polar surface area (TPSA) is 18.5 Å². The zero-order chi connectivity index (χ0) is 23.7. The van der Waals surface area contributed by atoms with E-state index in [0.717, 1.165) is 41.9 Å². The van der Waals surface area contributed by atoms with E-state index in [0.29, 0.717) is 12.7 Å². The van der Waals surface area contributed by atoms with Gasteiger partial charge in [-0.2, -0.15) is 8.78 Å². The van der Waals surface area contributed by atoms with Crippen LogP contribution in [0.5, 0.6) is 11.5 Å². The van der Waals surface area contributed by atoms with Gasteiger partial charge < -0.3 is 9.47 Å². The maximum Gasteiger partial charge on any atom is 0.454 e. The van der Waals surface area contributed by atoms with E-state index in [1.54, 1.807) is 12.1 Å². The zero-order valence-corrected chi connectivity index (χ0v) is 18.4. The molecule has 0 heterocycles. The van der Waals surface area contributed by atoms with E-state index in [-0.39, 0.29) is 5.56 Å². The molecule has 0 unspecified atom stereocenters. The molecule has 0 atom stereocenters. The Morgan fingerprint density at radius 2 is 1.48 bits per heavy atom. The van der Waals surface area contributed by atoms with Crippen LogP contribution >= 0.6 is 0 Å². The molecule has 0 radical (unpaired) electrons. The predicted octanol–water partition coefficient (Wildman–Crippen LogP) is 8.43. The third-order valence-electron chi connectivity index (χ3n) is 5.01.